The second kappa shape index (κ2) is 10.8. The fourth-order valence-corrected chi connectivity index (χ4v) is 5.37. The molecule has 0 unspecified atom stereocenters. The number of aliphatic hydroxyl groups excluding tert-OH is 1. The Hall–Kier alpha value is -2.62. The van der Waals surface area contributed by atoms with Gasteiger partial charge in [-0.2, -0.15) is 4.98 Å². The Kier molecular flexibility index (Phi) is 7.32. The van der Waals surface area contributed by atoms with Gasteiger partial charge in [-0.1, -0.05) is 17.8 Å². The van der Waals surface area contributed by atoms with Gasteiger partial charge in [0, 0.05) is 37.7 Å². The number of nitrogens with one attached hydrogen (secondary N) is 1. The van der Waals surface area contributed by atoms with Crippen molar-refractivity contribution < 1.29 is 9.84 Å². The Labute approximate surface area is 204 Å². The third-order valence-corrected chi connectivity index (χ3v) is 7.37. The highest BCUT2D eigenvalue weighted by molar-refractivity contribution is 7.18. The van der Waals surface area contributed by atoms with Gasteiger partial charge in [0.15, 0.2) is 5.13 Å². The van der Waals surface area contributed by atoms with E-state index in [0.29, 0.717) is 6.01 Å². The van der Waals surface area contributed by atoms with Crippen molar-refractivity contribution in [3.63, 3.8) is 0 Å². The topological polar surface area (TPSA) is 96.3 Å². The minimum absolute atomic E-state index is 0.154. The monoisotopic (exact) mass is 480 g/mol. The maximum atomic E-state index is 9.72. The zero-order valence-electron chi connectivity index (χ0n) is 19.6. The molecule has 0 spiro atoms. The molecule has 3 aromatic rings. The number of hydrogen-bond donors (Lipinski definition) is 2. The molecular formula is C25H32N6O2S. The smallest absolute Gasteiger partial charge is 0.317 e. The van der Waals surface area contributed by atoms with Crippen molar-refractivity contribution in [2.24, 2.45) is 0 Å². The van der Waals surface area contributed by atoms with Crippen molar-refractivity contribution in [3.8, 4) is 16.6 Å². The highest BCUT2D eigenvalue weighted by atomic mass is 32.1. The first kappa shape index (κ1) is 23.1. The Morgan fingerprint density at radius 3 is 2.74 bits per heavy atom. The van der Waals surface area contributed by atoms with Crippen LogP contribution in [0.1, 0.15) is 56.2 Å². The standard InChI is InChI=1S/C25H32N6O2S/c1-17-13-21(29-24(28-17)33-20-5-3-2-4-6-20)22-15-27-25(34-22)30-23-14-18(7-10-26-23)16-31-11-8-19(32)9-12-31/h7,10,13-15,19-20,32H,2-6,8-9,11-12,16H2,1H3,(H,26,27,30). The maximum Gasteiger partial charge on any atom is 0.317 e. The summed E-state index contributed by atoms with van der Waals surface area (Å²) in [5.74, 6) is 0.774. The Bertz CT molecular complexity index is 1090. The summed E-state index contributed by atoms with van der Waals surface area (Å²) in [6.07, 6.45) is 11.3. The Balaban J connectivity index is 1.24. The average Bonchev–Trinajstić information content (AvgIpc) is 3.30. The number of aryl methyl sites for hydroxylation is 1. The molecule has 1 aliphatic carbocycles. The first-order chi connectivity index (χ1) is 16.6. The summed E-state index contributed by atoms with van der Waals surface area (Å²) in [6.45, 7) is 4.67. The van der Waals surface area contributed by atoms with Crippen LogP contribution in [0.25, 0.3) is 10.6 Å². The van der Waals surface area contributed by atoms with Gasteiger partial charge in [-0.25, -0.2) is 15.0 Å². The number of aromatic nitrogens is 4. The number of likely N-dealkylation sites (tertiary alicyclic amines) is 1. The van der Waals surface area contributed by atoms with E-state index in [0.717, 1.165) is 72.5 Å². The molecular weight excluding hydrogens is 448 g/mol. The molecule has 34 heavy (non-hydrogen) atoms. The minimum atomic E-state index is -0.154. The van der Waals surface area contributed by atoms with Crippen LogP contribution in [0.15, 0.2) is 30.6 Å². The van der Waals surface area contributed by atoms with Crippen LogP contribution in [0.4, 0.5) is 10.9 Å². The van der Waals surface area contributed by atoms with E-state index in [9.17, 15) is 5.11 Å². The van der Waals surface area contributed by atoms with Crippen LogP contribution in [-0.4, -0.2) is 55.2 Å². The fourth-order valence-electron chi connectivity index (χ4n) is 4.59. The number of ether oxygens (including phenoxy) is 1. The lowest BCUT2D eigenvalue weighted by molar-refractivity contribution is 0.0792. The first-order valence-corrected chi connectivity index (χ1v) is 13.0. The summed E-state index contributed by atoms with van der Waals surface area (Å²) in [6, 6.07) is 6.54. The van der Waals surface area contributed by atoms with Crippen molar-refractivity contribution >= 4 is 22.3 Å². The third kappa shape index (κ3) is 6.08. The summed E-state index contributed by atoms with van der Waals surface area (Å²) in [5, 5.41) is 13.8. The molecule has 1 saturated heterocycles. The van der Waals surface area contributed by atoms with Gasteiger partial charge in [0.05, 0.1) is 16.7 Å². The average molecular weight is 481 g/mol. The van der Waals surface area contributed by atoms with Gasteiger partial charge >= 0.3 is 6.01 Å². The zero-order chi connectivity index (χ0) is 23.3. The molecule has 0 amide bonds. The lowest BCUT2D eigenvalue weighted by Crippen LogP contribution is -2.35. The molecule has 2 aliphatic rings. The summed E-state index contributed by atoms with van der Waals surface area (Å²) in [7, 11) is 0. The van der Waals surface area contributed by atoms with Crippen molar-refractivity contribution in [1.82, 2.24) is 24.8 Å². The van der Waals surface area contributed by atoms with Crippen LogP contribution in [0.5, 0.6) is 6.01 Å². The number of rotatable bonds is 7. The van der Waals surface area contributed by atoms with E-state index in [-0.39, 0.29) is 12.2 Å². The zero-order valence-corrected chi connectivity index (χ0v) is 20.4. The molecule has 4 heterocycles. The van der Waals surface area contributed by atoms with Crippen molar-refractivity contribution in [2.75, 3.05) is 18.4 Å². The molecule has 0 radical (unpaired) electrons. The second-order valence-electron chi connectivity index (χ2n) is 9.27. The SMILES string of the molecule is Cc1cc(-c2cnc(Nc3cc(CN4CCC(O)CC4)ccn3)s2)nc(OC2CCCCC2)n1. The highest BCUT2D eigenvalue weighted by Crippen LogP contribution is 2.31. The van der Waals surface area contributed by atoms with Gasteiger partial charge < -0.3 is 15.2 Å². The molecule has 5 rings (SSSR count). The molecule has 1 aliphatic heterocycles. The molecule has 0 aromatic carbocycles. The first-order valence-electron chi connectivity index (χ1n) is 12.2. The molecule has 3 aromatic heterocycles. The van der Waals surface area contributed by atoms with Crippen molar-refractivity contribution in [1.29, 1.82) is 0 Å². The van der Waals surface area contributed by atoms with Gasteiger partial charge in [0.2, 0.25) is 0 Å². The number of nitrogens with zero attached hydrogens (tertiary/aromatic N) is 5. The summed E-state index contributed by atoms with van der Waals surface area (Å²) in [5.41, 5.74) is 2.91. The number of piperidine rings is 1. The second-order valence-corrected chi connectivity index (χ2v) is 10.3. The lowest BCUT2D eigenvalue weighted by Gasteiger charge is -2.29. The molecule has 1 saturated carbocycles. The van der Waals surface area contributed by atoms with E-state index in [1.807, 2.05) is 31.5 Å². The molecule has 0 atom stereocenters. The number of anilines is 2. The Morgan fingerprint density at radius 2 is 1.91 bits per heavy atom. The van der Waals surface area contributed by atoms with Crippen LogP contribution in [0.2, 0.25) is 0 Å². The Morgan fingerprint density at radius 1 is 1.09 bits per heavy atom. The highest BCUT2D eigenvalue weighted by Gasteiger charge is 2.19. The maximum absolute atomic E-state index is 9.72. The predicted octanol–water partition coefficient (Wildman–Crippen LogP) is 4.72. The molecule has 2 fully saturated rings. The van der Waals surface area contributed by atoms with Crippen molar-refractivity contribution in [3.05, 3.63) is 41.9 Å². The summed E-state index contributed by atoms with van der Waals surface area (Å²) in [4.78, 5) is 21.5. The van der Waals surface area contributed by atoms with E-state index in [2.05, 4.69) is 36.2 Å². The third-order valence-electron chi connectivity index (χ3n) is 6.44. The quantitative estimate of drug-likeness (QED) is 0.502. The lowest BCUT2D eigenvalue weighted by atomic mass is 9.98. The molecule has 8 nitrogen and oxygen atoms in total. The van der Waals surface area contributed by atoms with E-state index >= 15 is 0 Å². The largest absolute Gasteiger partial charge is 0.460 e. The van der Waals surface area contributed by atoms with Crippen molar-refractivity contribution in [2.45, 2.75) is 70.6 Å². The van der Waals surface area contributed by atoms with Gasteiger partial charge in [-0.3, -0.25) is 4.90 Å². The molecule has 180 valence electrons. The molecule has 2 N–H and O–H groups in total. The van der Waals surface area contributed by atoms with E-state index in [1.54, 1.807) is 0 Å². The molecule has 0 bridgehead atoms. The molecule has 9 heteroatoms. The minimum Gasteiger partial charge on any atom is -0.460 e. The predicted molar refractivity (Wildman–Crippen MR) is 133 cm³/mol. The van der Waals surface area contributed by atoms with Gasteiger partial charge in [-0.15, -0.1) is 0 Å². The number of thiazole rings is 1. The summed E-state index contributed by atoms with van der Waals surface area (Å²) >= 11 is 1.54. The number of pyridine rings is 1. The fraction of sp³-hybridized carbons (Fsp3) is 0.520. The van der Waals surface area contributed by atoms with Gasteiger partial charge in [0.25, 0.3) is 0 Å². The van der Waals surface area contributed by atoms with Gasteiger partial charge in [0.1, 0.15) is 11.9 Å². The number of aliphatic hydroxyl groups is 1. The van der Waals surface area contributed by atoms with Crippen LogP contribution in [0.3, 0.4) is 0 Å². The van der Waals surface area contributed by atoms with Crippen LogP contribution in [0, 0.1) is 6.92 Å². The van der Waals surface area contributed by atoms with E-state index in [1.165, 1.54) is 36.2 Å². The van der Waals surface area contributed by atoms with Crippen LogP contribution >= 0.6 is 11.3 Å². The van der Waals surface area contributed by atoms with Crippen LogP contribution in [-0.2, 0) is 6.54 Å². The normalized spacial score (nSPS) is 18.2. The number of hydrogen-bond acceptors (Lipinski definition) is 9. The van der Waals surface area contributed by atoms with E-state index < -0.39 is 0 Å². The van der Waals surface area contributed by atoms with E-state index in [4.69, 9.17) is 4.74 Å². The summed E-state index contributed by atoms with van der Waals surface area (Å²) < 4.78 is 6.10. The van der Waals surface area contributed by atoms with Gasteiger partial charge in [-0.05, 0) is 69.2 Å². The van der Waals surface area contributed by atoms with Crippen LogP contribution < -0.4 is 10.1 Å².